The third-order valence-corrected chi connectivity index (χ3v) is 3.46. The number of aldehydes is 1. The lowest BCUT2D eigenvalue weighted by Gasteiger charge is -2.18. The fraction of sp³-hybridized carbons (Fsp3) is 0.375. The third kappa shape index (κ3) is 1.46. The third-order valence-electron chi connectivity index (χ3n) is 1.99. The maximum Gasteiger partial charge on any atom is 0.285 e. The van der Waals surface area contributed by atoms with Crippen molar-refractivity contribution in [2.45, 2.75) is 18.1 Å². The molecule has 0 atom stereocenters. The van der Waals surface area contributed by atoms with E-state index < -0.39 is 5.56 Å². The predicted octanol–water partition coefficient (Wildman–Crippen LogP) is 1.20. The number of carbonyl (C=O) groups excluding carboxylic acids is 1. The Morgan fingerprint density at radius 3 is 3.07 bits per heavy atom. The first-order chi connectivity index (χ1) is 6.74. The zero-order valence-electron chi connectivity index (χ0n) is 7.20. The van der Waals surface area contributed by atoms with E-state index in [-0.39, 0.29) is 10.7 Å². The summed E-state index contributed by atoms with van der Waals surface area (Å²) in [7, 11) is 0. The first-order valence-electron chi connectivity index (χ1n) is 4.12. The number of carbonyl (C=O) groups is 1. The van der Waals surface area contributed by atoms with E-state index in [0.717, 1.165) is 18.7 Å². The van der Waals surface area contributed by atoms with Crippen molar-refractivity contribution >= 4 is 29.6 Å². The highest BCUT2D eigenvalue weighted by atomic mass is 35.5. The smallest absolute Gasteiger partial charge is 0.285 e. The van der Waals surface area contributed by atoms with Crippen LogP contribution in [0.15, 0.2) is 9.95 Å². The number of rotatable bonds is 1. The van der Waals surface area contributed by atoms with Gasteiger partial charge in [0.25, 0.3) is 5.56 Å². The molecule has 1 aliphatic heterocycles. The number of halogens is 1. The van der Waals surface area contributed by atoms with Crippen LogP contribution in [-0.4, -0.2) is 21.6 Å². The van der Waals surface area contributed by atoms with Gasteiger partial charge in [-0.3, -0.25) is 9.59 Å². The second kappa shape index (κ2) is 3.74. The molecule has 74 valence electrons. The highest BCUT2D eigenvalue weighted by Gasteiger charge is 2.17. The van der Waals surface area contributed by atoms with Crippen LogP contribution in [0.3, 0.4) is 0 Å². The van der Waals surface area contributed by atoms with E-state index in [4.69, 9.17) is 11.6 Å². The van der Waals surface area contributed by atoms with Gasteiger partial charge in [-0.2, -0.15) is 4.98 Å². The molecule has 0 N–H and O–H groups in total. The average molecular weight is 231 g/mol. The lowest BCUT2D eigenvalue weighted by atomic mass is 10.3. The van der Waals surface area contributed by atoms with Crippen LogP contribution in [0.2, 0.25) is 5.15 Å². The van der Waals surface area contributed by atoms with E-state index in [2.05, 4.69) is 4.98 Å². The van der Waals surface area contributed by atoms with Crippen LogP contribution in [0.25, 0.3) is 0 Å². The molecule has 0 spiro atoms. The van der Waals surface area contributed by atoms with E-state index in [9.17, 15) is 9.59 Å². The average Bonchev–Trinajstić information content (AvgIpc) is 2.18. The zero-order valence-corrected chi connectivity index (χ0v) is 8.77. The van der Waals surface area contributed by atoms with Crippen LogP contribution >= 0.6 is 23.4 Å². The van der Waals surface area contributed by atoms with E-state index in [1.54, 1.807) is 4.57 Å². The minimum atomic E-state index is -0.536. The summed E-state index contributed by atoms with van der Waals surface area (Å²) in [5.41, 5.74) is -0.580. The van der Waals surface area contributed by atoms with Crippen molar-refractivity contribution in [1.29, 1.82) is 0 Å². The van der Waals surface area contributed by atoms with Crippen LogP contribution in [-0.2, 0) is 6.54 Å². The van der Waals surface area contributed by atoms with Gasteiger partial charge in [0.2, 0.25) is 0 Å². The number of nitrogens with zero attached hydrogens (tertiary/aromatic N) is 2. The monoisotopic (exact) mass is 230 g/mol. The van der Waals surface area contributed by atoms with Crippen LogP contribution < -0.4 is 5.56 Å². The van der Waals surface area contributed by atoms with Crippen molar-refractivity contribution in [3.8, 4) is 0 Å². The first-order valence-corrected chi connectivity index (χ1v) is 5.48. The molecule has 0 unspecified atom stereocenters. The molecule has 0 radical (unpaired) electrons. The molecule has 0 aromatic carbocycles. The van der Waals surface area contributed by atoms with E-state index >= 15 is 0 Å². The Hall–Kier alpha value is -0.810. The number of fused-ring (bicyclic) bond motifs is 1. The molecule has 2 heterocycles. The van der Waals surface area contributed by atoms with Crippen molar-refractivity contribution in [1.82, 2.24) is 9.55 Å². The predicted molar refractivity (Wildman–Crippen MR) is 54.2 cm³/mol. The Bertz CT molecular complexity index is 444. The van der Waals surface area contributed by atoms with E-state index in [1.807, 2.05) is 0 Å². The SMILES string of the molecule is O=Cc1c(Cl)n2c(nc1=O)SCCC2. The Morgan fingerprint density at radius 1 is 1.57 bits per heavy atom. The molecular formula is C8H7ClN2O2S. The second-order valence-electron chi connectivity index (χ2n) is 2.88. The molecule has 0 fully saturated rings. The highest BCUT2D eigenvalue weighted by molar-refractivity contribution is 7.99. The number of aromatic nitrogens is 2. The molecule has 0 amide bonds. The number of hydrogen-bond donors (Lipinski definition) is 0. The summed E-state index contributed by atoms with van der Waals surface area (Å²) in [6.07, 6.45) is 1.43. The molecule has 1 aliphatic rings. The summed E-state index contributed by atoms with van der Waals surface area (Å²) in [6.45, 7) is 0.718. The minimum absolute atomic E-state index is 0.0436. The molecule has 1 aromatic rings. The van der Waals surface area contributed by atoms with Gasteiger partial charge in [-0.1, -0.05) is 23.4 Å². The topological polar surface area (TPSA) is 52.0 Å². The summed E-state index contributed by atoms with van der Waals surface area (Å²) in [5.74, 6) is 0.934. The Morgan fingerprint density at radius 2 is 2.36 bits per heavy atom. The molecule has 14 heavy (non-hydrogen) atoms. The normalized spacial score (nSPS) is 14.9. The number of thioether (sulfide) groups is 1. The van der Waals surface area contributed by atoms with Crippen LogP contribution in [0.1, 0.15) is 16.8 Å². The fourth-order valence-corrected chi connectivity index (χ4v) is 2.60. The Balaban J connectivity index is 2.69. The molecule has 2 rings (SSSR count). The summed E-state index contributed by atoms with van der Waals surface area (Å²) in [5, 5.41) is 0.819. The number of hydrogen-bond acceptors (Lipinski definition) is 4. The maximum atomic E-state index is 11.3. The molecule has 4 nitrogen and oxygen atoms in total. The van der Waals surface area contributed by atoms with Gasteiger partial charge in [-0.25, -0.2) is 0 Å². The van der Waals surface area contributed by atoms with Gasteiger partial charge in [0, 0.05) is 12.3 Å². The van der Waals surface area contributed by atoms with Gasteiger partial charge in [0.15, 0.2) is 11.4 Å². The fourth-order valence-electron chi connectivity index (χ4n) is 1.31. The molecule has 0 bridgehead atoms. The molecule has 0 aliphatic carbocycles. The lowest BCUT2D eigenvalue weighted by molar-refractivity contribution is 0.112. The molecule has 1 aromatic heterocycles. The minimum Gasteiger partial charge on any atom is -0.310 e. The largest absolute Gasteiger partial charge is 0.310 e. The van der Waals surface area contributed by atoms with E-state index in [1.165, 1.54) is 11.8 Å². The zero-order chi connectivity index (χ0) is 10.1. The van der Waals surface area contributed by atoms with Gasteiger partial charge >= 0.3 is 0 Å². The molecule has 0 saturated carbocycles. The maximum absolute atomic E-state index is 11.3. The van der Waals surface area contributed by atoms with Gasteiger partial charge in [0.1, 0.15) is 10.7 Å². The summed E-state index contributed by atoms with van der Waals surface area (Å²) in [6, 6.07) is 0. The highest BCUT2D eigenvalue weighted by Crippen LogP contribution is 2.25. The second-order valence-corrected chi connectivity index (χ2v) is 4.30. The summed E-state index contributed by atoms with van der Waals surface area (Å²) in [4.78, 5) is 25.7. The molecule has 0 saturated heterocycles. The van der Waals surface area contributed by atoms with Crippen LogP contribution in [0, 0.1) is 0 Å². The van der Waals surface area contributed by atoms with Crippen LogP contribution in [0.4, 0.5) is 0 Å². The van der Waals surface area contributed by atoms with Gasteiger partial charge in [0.05, 0.1) is 0 Å². The first kappa shape index (κ1) is 9.73. The standard InChI is InChI=1S/C8H7ClN2O2S/c9-6-5(4-12)7(13)10-8-11(6)2-1-3-14-8/h4H,1-3H2. The van der Waals surface area contributed by atoms with E-state index in [0.29, 0.717) is 11.4 Å². The summed E-state index contributed by atoms with van der Waals surface area (Å²) < 4.78 is 1.71. The van der Waals surface area contributed by atoms with Gasteiger partial charge < -0.3 is 4.57 Å². The van der Waals surface area contributed by atoms with Gasteiger partial charge in [-0.05, 0) is 6.42 Å². The Labute approximate surface area is 89.3 Å². The molecular weight excluding hydrogens is 224 g/mol. The van der Waals surface area contributed by atoms with Crippen molar-refractivity contribution in [3.63, 3.8) is 0 Å². The van der Waals surface area contributed by atoms with Crippen molar-refractivity contribution in [2.24, 2.45) is 0 Å². The van der Waals surface area contributed by atoms with Crippen LogP contribution in [0.5, 0.6) is 0 Å². The molecule has 6 heteroatoms. The van der Waals surface area contributed by atoms with Crippen molar-refractivity contribution in [3.05, 3.63) is 21.1 Å². The van der Waals surface area contributed by atoms with Crippen molar-refractivity contribution < 1.29 is 4.79 Å². The lowest BCUT2D eigenvalue weighted by Crippen LogP contribution is -2.23. The quantitative estimate of drug-likeness (QED) is 0.413. The summed E-state index contributed by atoms with van der Waals surface area (Å²) >= 11 is 7.40. The Kier molecular flexibility index (Phi) is 2.60. The van der Waals surface area contributed by atoms with Gasteiger partial charge in [-0.15, -0.1) is 0 Å². The van der Waals surface area contributed by atoms with Crippen molar-refractivity contribution in [2.75, 3.05) is 5.75 Å².